The zero-order valence-corrected chi connectivity index (χ0v) is 11.7. The molecule has 0 aliphatic carbocycles. The van der Waals surface area contributed by atoms with Crippen molar-refractivity contribution < 1.29 is 6.85 Å². The highest BCUT2D eigenvalue weighted by Gasteiger charge is 2.14. The lowest BCUT2D eigenvalue weighted by molar-refractivity contribution is 0.853. The van der Waals surface area contributed by atoms with E-state index in [9.17, 15) is 4.79 Å². The summed E-state index contributed by atoms with van der Waals surface area (Å²) >= 11 is 2.61. The summed E-state index contributed by atoms with van der Waals surface area (Å²) in [4.78, 5) is 21.4. The third kappa shape index (κ3) is 2.06. The molecule has 0 radical (unpaired) electrons. The van der Waals surface area contributed by atoms with Crippen LogP contribution < -0.4 is 5.56 Å². The predicted molar refractivity (Wildman–Crippen MR) is 79.9 cm³/mol. The van der Waals surface area contributed by atoms with Crippen LogP contribution in [0.1, 0.15) is 6.85 Å². The monoisotopic (exact) mass is 294 g/mol. The van der Waals surface area contributed by atoms with E-state index in [1.54, 1.807) is 0 Å². The second-order valence-corrected chi connectivity index (χ2v) is 5.67. The molecule has 0 N–H and O–H groups in total. The summed E-state index contributed by atoms with van der Waals surface area (Å²) in [5.41, 5.74) is -0.303. The summed E-state index contributed by atoms with van der Waals surface area (Å²) in [6, 6.07) is -2.19. The molecule has 6 heteroatoms. The SMILES string of the molecule is [2H]c1c([2H])c([2H])c(-c2nc3sc(SC)nc3c(=O)n2C)c([2H])c1[2H]. The summed E-state index contributed by atoms with van der Waals surface area (Å²) in [6.07, 6.45) is 1.83. The fourth-order valence-electron chi connectivity index (χ4n) is 1.61. The van der Waals surface area contributed by atoms with Crippen LogP contribution in [0.5, 0.6) is 0 Å². The molecule has 96 valence electrons. The highest BCUT2D eigenvalue weighted by atomic mass is 32.2. The van der Waals surface area contributed by atoms with E-state index in [0.29, 0.717) is 9.17 Å². The van der Waals surface area contributed by atoms with E-state index in [4.69, 9.17) is 6.85 Å². The van der Waals surface area contributed by atoms with Crippen LogP contribution in [0.15, 0.2) is 39.3 Å². The van der Waals surface area contributed by atoms with E-state index in [1.165, 1.54) is 34.7 Å². The van der Waals surface area contributed by atoms with E-state index >= 15 is 0 Å². The molecule has 0 spiro atoms. The molecule has 19 heavy (non-hydrogen) atoms. The first-order chi connectivity index (χ1) is 11.3. The maximum atomic E-state index is 12.5. The Labute approximate surface area is 125 Å². The van der Waals surface area contributed by atoms with Crippen molar-refractivity contribution in [1.82, 2.24) is 14.5 Å². The van der Waals surface area contributed by atoms with Gasteiger partial charge in [-0.3, -0.25) is 9.36 Å². The van der Waals surface area contributed by atoms with Crippen molar-refractivity contribution >= 4 is 33.4 Å². The molecule has 0 atom stereocenters. The number of benzene rings is 1. The summed E-state index contributed by atoms with van der Waals surface area (Å²) in [6.45, 7) is 0. The Kier molecular flexibility index (Phi) is 1.97. The van der Waals surface area contributed by atoms with Gasteiger partial charge in [-0.2, -0.15) is 0 Å². The summed E-state index contributed by atoms with van der Waals surface area (Å²) < 4.78 is 41.1. The first kappa shape index (κ1) is 7.81. The lowest BCUT2D eigenvalue weighted by Gasteiger charge is -2.06. The molecule has 0 unspecified atom stereocenters. The van der Waals surface area contributed by atoms with Crippen LogP contribution in [0.4, 0.5) is 0 Å². The molecule has 0 aliphatic rings. The van der Waals surface area contributed by atoms with Gasteiger partial charge < -0.3 is 0 Å². The van der Waals surface area contributed by atoms with Gasteiger partial charge in [0, 0.05) is 12.6 Å². The molecule has 3 rings (SSSR count). The quantitative estimate of drug-likeness (QED) is 0.682. The Bertz CT molecular complexity index is 1020. The molecule has 0 fully saturated rings. The summed E-state index contributed by atoms with van der Waals surface area (Å²) in [7, 11) is 1.45. The van der Waals surface area contributed by atoms with Crippen molar-refractivity contribution in [3.63, 3.8) is 0 Å². The van der Waals surface area contributed by atoms with Gasteiger partial charge in [0.2, 0.25) is 0 Å². The van der Waals surface area contributed by atoms with Gasteiger partial charge in [-0.1, -0.05) is 53.3 Å². The number of thiazole rings is 1. The number of nitrogens with zero attached hydrogens (tertiary/aromatic N) is 3. The number of hydrogen-bond acceptors (Lipinski definition) is 5. The highest BCUT2D eigenvalue weighted by molar-refractivity contribution is 8.00. The minimum absolute atomic E-state index is 0.0285. The van der Waals surface area contributed by atoms with E-state index in [2.05, 4.69) is 9.97 Å². The van der Waals surface area contributed by atoms with Gasteiger partial charge in [0.05, 0.1) is 6.85 Å². The minimum atomic E-state index is -0.484. The number of rotatable bonds is 2. The van der Waals surface area contributed by atoms with E-state index in [-0.39, 0.29) is 16.9 Å². The van der Waals surface area contributed by atoms with Gasteiger partial charge in [0.25, 0.3) is 5.56 Å². The molecule has 0 saturated carbocycles. The van der Waals surface area contributed by atoms with E-state index in [0.717, 1.165) is 0 Å². The molecular formula is C13H11N3OS2. The van der Waals surface area contributed by atoms with Gasteiger partial charge in [-0.05, 0) is 6.26 Å². The molecule has 2 heterocycles. The molecular weight excluding hydrogens is 278 g/mol. The first-order valence-corrected chi connectivity index (χ1v) is 7.30. The maximum absolute atomic E-state index is 12.5. The number of fused-ring (bicyclic) bond motifs is 1. The average Bonchev–Trinajstić information content (AvgIpc) is 2.99. The van der Waals surface area contributed by atoms with Crippen molar-refractivity contribution in [1.29, 1.82) is 0 Å². The minimum Gasteiger partial charge on any atom is -0.294 e. The number of thioether (sulfide) groups is 1. The normalized spacial score (nSPS) is 14.7. The zero-order valence-electron chi connectivity index (χ0n) is 15.1. The Morgan fingerprint density at radius 3 is 2.74 bits per heavy atom. The largest absolute Gasteiger partial charge is 0.294 e. The zero-order chi connectivity index (χ0) is 17.8. The van der Waals surface area contributed by atoms with Crippen LogP contribution >= 0.6 is 23.1 Å². The topological polar surface area (TPSA) is 47.8 Å². The Morgan fingerprint density at radius 2 is 2.05 bits per heavy atom. The van der Waals surface area contributed by atoms with Crippen LogP contribution in [-0.4, -0.2) is 20.8 Å². The molecule has 3 aromatic rings. The van der Waals surface area contributed by atoms with Gasteiger partial charge in [0.1, 0.15) is 5.82 Å². The van der Waals surface area contributed by atoms with Crippen molar-refractivity contribution in [3.05, 3.63) is 40.6 Å². The van der Waals surface area contributed by atoms with Gasteiger partial charge >= 0.3 is 0 Å². The molecule has 4 nitrogen and oxygen atoms in total. The Morgan fingerprint density at radius 1 is 1.32 bits per heavy atom. The lowest BCUT2D eigenvalue weighted by Crippen LogP contribution is -2.20. The highest BCUT2D eigenvalue weighted by Crippen LogP contribution is 2.26. The van der Waals surface area contributed by atoms with Crippen LogP contribution in [0.3, 0.4) is 0 Å². The van der Waals surface area contributed by atoms with Crippen molar-refractivity contribution in [2.75, 3.05) is 6.26 Å². The van der Waals surface area contributed by atoms with Crippen LogP contribution in [0.2, 0.25) is 0 Å². The second-order valence-electron chi connectivity index (χ2n) is 3.64. The van der Waals surface area contributed by atoms with Crippen LogP contribution in [0.25, 0.3) is 21.7 Å². The summed E-state index contributed by atoms with van der Waals surface area (Å²) in [5, 5.41) is 0. The summed E-state index contributed by atoms with van der Waals surface area (Å²) in [5.74, 6) is 0.0285. The van der Waals surface area contributed by atoms with Gasteiger partial charge in [-0.15, -0.1) is 0 Å². The van der Waals surface area contributed by atoms with Crippen LogP contribution in [-0.2, 0) is 7.05 Å². The van der Waals surface area contributed by atoms with E-state index in [1.807, 2.05) is 6.26 Å². The van der Waals surface area contributed by atoms with Crippen molar-refractivity contribution in [2.45, 2.75) is 4.34 Å². The fourth-order valence-corrected chi connectivity index (χ4v) is 3.02. The molecule has 0 aliphatic heterocycles. The third-order valence-corrected chi connectivity index (χ3v) is 4.45. The predicted octanol–water partition coefficient (Wildman–Crippen LogP) is 2.78. The van der Waals surface area contributed by atoms with E-state index < -0.39 is 35.8 Å². The third-order valence-electron chi connectivity index (χ3n) is 2.52. The van der Waals surface area contributed by atoms with Gasteiger partial charge in [0.15, 0.2) is 14.7 Å². The molecule has 0 bridgehead atoms. The fraction of sp³-hybridized carbons (Fsp3) is 0.154. The molecule has 1 aromatic carbocycles. The molecule has 2 aromatic heterocycles. The maximum Gasteiger partial charge on any atom is 0.280 e. The molecule has 0 saturated heterocycles. The van der Waals surface area contributed by atoms with Crippen LogP contribution in [0, 0.1) is 0 Å². The van der Waals surface area contributed by atoms with Gasteiger partial charge in [-0.25, -0.2) is 9.97 Å². The second kappa shape index (κ2) is 4.79. The first-order valence-electron chi connectivity index (χ1n) is 7.76. The molecule has 0 amide bonds. The Balaban J connectivity index is 2.43. The number of aromatic nitrogens is 3. The Hall–Kier alpha value is -1.66. The lowest BCUT2D eigenvalue weighted by atomic mass is 10.2. The standard InChI is InChI=1S/C13H11N3OS2/c1-16-10(8-6-4-3-5-7-8)15-11-9(12(16)17)14-13(18-2)19-11/h3-7H,1-2H3/i3D,4D,5D,6D,7D. The average molecular weight is 294 g/mol. The van der Waals surface area contributed by atoms with Crippen molar-refractivity contribution in [2.24, 2.45) is 7.05 Å². The number of hydrogen-bond donors (Lipinski definition) is 0. The smallest absolute Gasteiger partial charge is 0.280 e. The van der Waals surface area contributed by atoms with Crippen molar-refractivity contribution in [3.8, 4) is 11.4 Å².